The summed E-state index contributed by atoms with van der Waals surface area (Å²) in [4.78, 5) is 12.6. The summed E-state index contributed by atoms with van der Waals surface area (Å²) in [5.41, 5.74) is 3.37. The summed E-state index contributed by atoms with van der Waals surface area (Å²) in [6, 6.07) is 26.1. The third kappa shape index (κ3) is 5.85. The van der Waals surface area contributed by atoms with Crippen LogP contribution in [0.4, 0.5) is 0 Å². The molecule has 1 amide bonds. The number of benzene rings is 3. The molecule has 0 aliphatic heterocycles. The van der Waals surface area contributed by atoms with E-state index in [2.05, 4.69) is 29.6 Å². The standard InChI is InChI=1S/C25H27NO3/c1-19-13-14-23(24(17-19)28-2)29-16-15-26-25(27)18-22(20-9-5-3-6-10-20)21-11-7-4-8-12-21/h3-14,17,22H,15-16,18H2,1-2H3,(H,26,27). The summed E-state index contributed by atoms with van der Waals surface area (Å²) in [5, 5.41) is 2.97. The zero-order valence-electron chi connectivity index (χ0n) is 16.9. The number of amides is 1. The number of carbonyl (C=O) groups excluding carboxylic acids is 1. The summed E-state index contributed by atoms with van der Waals surface area (Å²) in [5.74, 6) is 1.40. The van der Waals surface area contributed by atoms with Crippen LogP contribution < -0.4 is 14.8 Å². The van der Waals surface area contributed by atoms with Crippen molar-refractivity contribution < 1.29 is 14.3 Å². The number of hydrogen-bond donors (Lipinski definition) is 1. The predicted octanol–water partition coefficient (Wildman–Crippen LogP) is 4.72. The van der Waals surface area contributed by atoms with Crippen molar-refractivity contribution in [1.82, 2.24) is 5.32 Å². The molecule has 4 heteroatoms. The maximum Gasteiger partial charge on any atom is 0.221 e. The Labute approximate surface area is 172 Å². The number of methoxy groups -OCH3 is 1. The fraction of sp³-hybridized carbons (Fsp3) is 0.240. The van der Waals surface area contributed by atoms with Gasteiger partial charge >= 0.3 is 0 Å². The molecule has 0 aliphatic rings. The van der Waals surface area contributed by atoms with Crippen molar-refractivity contribution in [2.24, 2.45) is 0 Å². The molecule has 0 aliphatic carbocycles. The third-order valence-electron chi connectivity index (χ3n) is 4.79. The molecule has 0 saturated carbocycles. The topological polar surface area (TPSA) is 47.6 Å². The van der Waals surface area contributed by atoms with Crippen LogP contribution in [0.15, 0.2) is 78.9 Å². The lowest BCUT2D eigenvalue weighted by molar-refractivity contribution is -0.121. The van der Waals surface area contributed by atoms with Crippen LogP contribution in [0.25, 0.3) is 0 Å². The Kier molecular flexibility index (Phi) is 7.28. The average molecular weight is 389 g/mol. The Balaban J connectivity index is 1.56. The first kappa shape index (κ1) is 20.5. The Morgan fingerprint density at radius 1 is 0.897 bits per heavy atom. The van der Waals surface area contributed by atoms with E-state index in [1.165, 1.54) is 0 Å². The molecule has 0 bridgehead atoms. The first-order chi connectivity index (χ1) is 14.2. The van der Waals surface area contributed by atoms with Gasteiger partial charge in [0.2, 0.25) is 5.91 Å². The van der Waals surface area contributed by atoms with Crippen LogP contribution in [0.5, 0.6) is 11.5 Å². The summed E-state index contributed by atoms with van der Waals surface area (Å²) >= 11 is 0. The second kappa shape index (κ2) is 10.3. The van der Waals surface area contributed by atoms with Crippen LogP contribution in [0.1, 0.15) is 29.0 Å². The molecular weight excluding hydrogens is 362 g/mol. The van der Waals surface area contributed by atoms with Gasteiger partial charge in [-0.1, -0.05) is 66.7 Å². The zero-order chi connectivity index (χ0) is 20.5. The van der Waals surface area contributed by atoms with Crippen molar-refractivity contribution in [3.05, 3.63) is 95.6 Å². The van der Waals surface area contributed by atoms with E-state index in [9.17, 15) is 4.79 Å². The van der Waals surface area contributed by atoms with Crippen molar-refractivity contribution in [3.8, 4) is 11.5 Å². The van der Waals surface area contributed by atoms with Crippen molar-refractivity contribution in [2.75, 3.05) is 20.3 Å². The van der Waals surface area contributed by atoms with Gasteiger partial charge in [0.1, 0.15) is 6.61 Å². The fourth-order valence-electron chi connectivity index (χ4n) is 3.30. The molecule has 0 saturated heterocycles. The molecule has 0 radical (unpaired) electrons. The van der Waals surface area contributed by atoms with E-state index in [4.69, 9.17) is 9.47 Å². The van der Waals surface area contributed by atoms with Crippen molar-refractivity contribution in [1.29, 1.82) is 0 Å². The van der Waals surface area contributed by atoms with Gasteiger partial charge in [-0.3, -0.25) is 4.79 Å². The highest BCUT2D eigenvalue weighted by atomic mass is 16.5. The molecule has 29 heavy (non-hydrogen) atoms. The maximum absolute atomic E-state index is 12.6. The van der Waals surface area contributed by atoms with Crippen LogP contribution in [0, 0.1) is 6.92 Å². The van der Waals surface area contributed by atoms with Crippen molar-refractivity contribution >= 4 is 5.91 Å². The summed E-state index contributed by atoms with van der Waals surface area (Å²) in [6.45, 7) is 2.82. The minimum absolute atomic E-state index is 0.00202. The zero-order valence-corrected chi connectivity index (χ0v) is 16.9. The highest BCUT2D eigenvalue weighted by Crippen LogP contribution is 2.28. The monoisotopic (exact) mass is 389 g/mol. The lowest BCUT2D eigenvalue weighted by atomic mass is 9.88. The lowest BCUT2D eigenvalue weighted by Crippen LogP contribution is -2.29. The molecular formula is C25H27NO3. The minimum Gasteiger partial charge on any atom is -0.493 e. The van der Waals surface area contributed by atoms with Gasteiger partial charge in [-0.25, -0.2) is 0 Å². The highest BCUT2D eigenvalue weighted by Gasteiger charge is 2.17. The van der Waals surface area contributed by atoms with E-state index in [1.807, 2.05) is 61.5 Å². The molecule has 0 unspecified atom stereocenters. The van der Waals surface area contributed by atoms with Gasteiger partial charge in [0.05, 0.1) is 13.7 Å². The minimum atomic E-state index is 0.00202. The number of carbonyl (C=O) groups is 1. The highest BCUT2D eigenvalue weighted by molar-refractivity contribution is 5.77. The molecule has 1 N–H and O–H groups in total. The lowest BCUT2D eigenvalue weighted by Gasteiger charge is -2.18. The Morgan fingerprint density at radius 2 is 1.52 bits per heavy atom. The van der Waals surface area contributed by atoms with Gasteiger partial charge in [-0.15, -0.1) is 0 Å². The molecule has 150 valence electrons. The van der Waals surface area contributed by atoms with Crippen LogP contribution in [0.3, 0.4) is 0 Å². The van der Waals surface area contributed by atoms with E-state index >= 15 is 0 Å². The molecule has 0 spiro atoms. The molecule has 3 rings (SSSR count). The Bertz CT molecular complexity index is 870. The number of ether oxygens (including phenoxy) is 2. The normalized spacial score (nSPS) is 10.6. The summed E-state index contributed by atoms with van der Waals surface area (Å²) in [7, 11) is 1.62. The molecule has 0 heterocycles. The van der Waals surface area contributed by atoms with Crippen LogP contribution in [-0.4, -0.2) is 26.2 Å². The van der Waals surface area contributed by atoms with E-state index in [0.29, 0.717) is 31.1 Å². The number of hydrogen-bond acceptors (Lipinski definition) is 3. The van der Waals surface area contributed by atoms with Gasteiger partial charge in [-0.2, -0.15) is 0 Å². The van der Waals surface area contributed by atoms with Gasteiger partial charge in [0, 0.05) is 12.3 Å². The molecule has 4 nitrogen and oxygen atoms in total. The Morgan fingerprint density at radius 3 is 2.10 bits per heavy atom. The van der Waals surface area contributed by atoms with Gasteiger partial charge < -0.3 is 14.8 Å². The average Bonchev–Trinajstić information content (AvgIpc) is 2.77. The van der Waals surface area contributed by atoms with Crippen molar-refractivity contribution in [3.63, 3.8) is 0 Å². The molecule has 0 atom stereocenters. The van der Waals surface area contributed by atoms with Crippen molar-refractivity contribution in [2.45, 2.75) is 19.3 Å². The fourth-order valence-corrected chi connectivity index (χ4v) is 3.30. The second-order valence-corrected chi connectivity index (χ2v) is 6.93. The van der Waals surface area contributed by atoms with E-state index in [1.54, 1.807) is 7.11 Å². The second-order valence-electron chi connectivity index (χ2n) is 6.93. The number of nitrogens with one attached hydrogen (secondary N) is 1. The van der Waals surface area contributed by atoms with Gasteiger partial charge in [-0.05, 0) is 35.7 Å². The van der Waals surface area contributed by atoms with Gasteiger partial charge in [0.15, 0.2) is 11.5 Å². The molecule has 3 aromatic rings. The number of aryl methyl sites for hydroxylation is 1. The van der Waals surface area contributed by atoms with E-state index < -0.39 is 0 Å². The third-order valence-corrected chi connectivity index (χ3v) is 4.79. The number of rotatable bonds is 9. The summed E-state index contributed by atoms with van der Waals surface area (Å²) in [6.07, 6.45) is 0.391. The van der Waals surface area contributed by atoms with E-state index in [0.717, 1.165) is 16.7 Å². The molecule has 3 aromatic carbocycles. The van der Waals surface area contributed by atoms with Crippen LogP contribution in [0.2, 0.25) is 0 Å². The first-order valence-corrected chi connectivity index (χ1v) is 9.81. The molecule has 0 fully saturated rings. The largest absolute Gasteiger partial charge is 0.493 e. The van der Waals surface area contributed by atoms with Crippen LogP contribution >= 0.6 is 0 Å². The first-order valence-electron chi connectivity index (χ1n) is 9.81. The van der Waals surface area contributed by atoms with Crippen LogP contribution in [-0.2, 0) is 4.79 Å². The van der Waals surface area contributed by atoms with E-state index in [-0.39, 0.29) is 11.8 Å². The quantitative estimate of drug-likeness (QED) is 0.539. The maximum atomic E-state index is 12.6. The SMILES string of the molecule is COc1cc(C)ccc1OCCNC(=O)CC(c1ccccc1)c1ccccc1. The molecule has 0 aromatic heterocycles. The predicted molar refractivity (Wildman–Crippen MR) is 116 cm³/mol. The van der Waals surface area contributed by atoms with Gasteiger partial charge in [0.25, 0.3) is 0 Å². The smallest absolute Gasteiger partial charge is 0.221 e. The Hall–Kier alpha value is -3.27. The summed E-state index contributed by atoms with van der Waals surface area (Å²) < 4.78 is 11.1.